The molecule has 0 aromatic heterocycles. The van der Waals surface area contributed by atoms with E-state index in [4.69, 9.17) is 11.5 Å². The zero-order valence-electron chi connectivity index (χ0n) is 12.9. The van der Waals surface area contributed by atoms with Gasteiger partial charge in [0.1, 0.15) is 0 Å². The Morgan fingerprint density at radius 2 is 0.792 bits per heavy atom. The third-order valence-electron chi connectivity index (χ3n) is 3.89. The van der Waals surface area contributed by atoms with E-state index >= 15 is 0 Å². The normalized spacial score (nSPS) is 10.3. The Balaban J connectivity index is 2.29. The number of primary amides is 2. The molecule has 0 radical (unpaired) electrons. The minimum absolute atomic E-state index is 0.432. The van der Waals surface area contributed by atoms with Gasteiger partial charge in [0, 0.05) is 11.1 Å². The largest absolute Gasteiger partial charge is 0.366 e. The highest BCUT2D eigenvalue weighted by atomic mass is 16.1. The molecule has 0 aliphatic carbocycles. The molecule has 0 saturated heterocycles. The minimum atomic E-state index is -0.497. The van der Waals surface area contributed by atoms with Crippen molar-refractivity contribution >= 4 is 11.8 Å². The van der Waals surface area contributed by atoms with Gasteiger partial charge in [-0.2, -0.15) is 0 Å². The molecule has 3 aromatic carbocycles. The Kier molecular flexibility index (Phi) is 4.12. The quantitative estimate of drug-likeness (QED) is 0.774. The summed E-state index contributed by atoms with van der Waals surface area (Å²) < 4.78 is 0. The standard InChI is InChI=1S/C20H16N2O2/c21-19(23)17-11-5-3-9-15(17)13-7-1-2-8-14(13)16-10-4-6-12-18(16)20(22)24/h1-12H,(H2,21,23)(H2,22,24). The first-order valence-corrected chi connectivity index (χ1v) is 7.47. The van der Waals surface area contributed by atoms with Gasteiger partial charge in [-0.25, -0.2) is 0 Å². The second-order valence-electron chi connectivity index (χ2n) is 5.37. The van der Waals surface area contributed by atoms with E-state index in [1.54, 1.807) is 24.3 Å². The lowest BCUT2D eigenvalue weighted by Gasteiger charge is -2.14. The number of hydrogen-bond donors (Lipinski definition) is 2. The van der Waals surface area contributed by atoms with E-state index < -0.39 is 11.8 Å². The number of carbonyl (C=O) groups is 2. The lowest BCUT2D eigenvalue weighted by Crippen LogP contribution is -2.13. The molecule has 4 N–H and O–H groups in total. The van der Waals surface area contributed by atoms with Crippen LogP contribution in [0.3, 0.4) is 0 Å². The Morgan fingerprint density at radius 3 is 1.12 bits per heavy atom. The van der Waals surface area contributed by atoms with E-state index in [-0.39, 0.29) is 0 Å². The Hall–Kier alpha value is -3.40. The van der Waals surface area contributed by atoms with Gasteiger partial charge in [0.15, 0.2) is 0 Å². The van der Waals surface area contributed by atoms with Crippen LogP contribution in [-0.4, -0.2) is 11.8 Å². The van der Waals surface area contributed by atoms with Gasteiger partial charge in [0.25, 0.3) is 0 Å². The summed E-state index contributed by atoms with van der Waals surface area (Å²) in [6.45, 7) is 0. The fourth-order valence-corrected chi connectivity index (χ4v) is 2.82. The lowest BCUT2D eigenvalue weighted by atomic mass is 9.89. The van der Waals surface area contributed by atoms with Crippen molar-refractivity contribution in [3.8, 4) is 22.3 Å². The molecule has 2 amide bonds. The van der Waals surface area contributed by atoms with E-state index in [0.717, 1.165) is 22.3 Å². The van der Waals surface area contributed by atoms with E-state index in [1.807, 2.05) is 48.5 Å². The van der Waals surface area contributed by atoms with Crippen LogP contribution in [0.25, 0.3) is 22.3 Å². The molecule has 0 atom stereocenters. The van der Waals surface area contributed by atoms with Gasteiger partial charge in [0.05, 0.1) is 0 Å². The summed E-state index contributed by atoms with van der Waals surface area (Å²) in [5, 5.41) is 0. The molecule has 0 heterocycles. The SMILES string of the molecule is NC(=O)c1ccccc1-c1ccccc1-c1ccccc1C(N)=O. The fourth-order valence-electron chi connectivity index (χ4n) is 2.82. The maximum atomic E-state index is 11.8. The summed E-state index contributed by atoms with van der Waals surface area (Å²) in [5.41, 5.74) is 15.0. The number of rotatable bonds is 4. The fraction of sp³-hybridized carbons (Fsp3) is 0. The highest BCUT2D eigenvalue weighted by molar-refractivity contribution is 6.05. The predicted octanol–water partition coefficient (Wildman–Crippen LogP) is 3.22. The van der Waals surface area contributed by atoms with Crippen LogP contribution in [-0.2, 0) is 0 Å². The van der Waals surface area contributed by atoms with Crippen molar-refractivity contribution in [3.05, 3.63) is 83.9 Å². The first kappa shape index (κ1) is 15.5. The highest BCUT2D eigenvalue weighted by Gasteiger charge is 2.16. The summed E-state index contributed by atoms with van der Waals surface area (Å²) in [4.78, 5) is 23.5. The average molecular weight is 316 g/mol. The first-order valence-electron chi connectivity index (χ1n) is 7.47. The van der Waals surface area contributed by atoms with Crippen LogP contribution in [0.4, 0.5) is 0 Å². The second-order valence-corrected chi connectivity index (χ2v) is 5.37. The molecule has 3 aromatic rings. The molecule has 0 aliphatic rings. The molecule has 4 nitrogen and oxygen atoms in total. The van der Waals surface area contributed by atoms with Crippen molar-refractivity contribution in [1.82, 2.24) is 0 Å². The van der Waals surface area contributed by atoms with Gasteiger partial charge in [-0.1, -0.05) is 60.7 Å². The van der Waals surface area contributed by atoms with Crippen molar-refractivity contribution in [3.63, 3.8) is 0 Å². The summed E-state index contributed by atoms with van der Waals surface area (Å²) in [6, 6.07) is 21.8. The van der Waals surface area contributed by atoms with Gasteiger partial charge in [-0.05, 0) is 34.4 Å². The lowest BCUT2D eigenvalue weighted by molar-refractivity contribution is 0.0992. The number of hydrogen-bond acceptors (Lipinski definition) is 2. The van der Waals surface area contributed by atoms with Crippen molar-refractivity contribution in [1.29, 1.82) is 0 Å². The van der Waals surface area contributed by atoms with Crippen LogP contribution in [0.5, 0.6) is 0 Å². The van der Waals surface area contributed by atoms with Crippen molar-refractivity contribution in [2.75, 3.05) is 0 Å². The van der Waals surface area contributed by atoms with Crippen LogP contribution in [0, 0.1) is 0 Å². The molecule has 0 saturated carbocycles. The molecule has 3 rings (SSSR count). The summed E-state index contributed by atoms with van der Waals surface area (Å²) in [5.74, 6) is -0.993. The Morgan fingerprint density at radius 1 is 0.500 bits per heavy atom. The smallest absolute Gasteiger partial charge is 0.249 e. The monoisotopic (exact) mass is 316 g/mol. The zero-order valence-corrected chi connectivity index (χ0v) is 12.9. The summed E-state index contributed by atoms with van der Waals surface area (Å²) in [7, 11) is 0. The van der Waals surface area contributed by atoms with Crippen molar-refractivity contribution in [2.45, 2.75) is 0 Å². The molecule has 4 heteroatoms. The van der Waals surface area contributed by atoms with E-state index in [2.05, 4.69) is 0 Å². The maximum Gasteiger partial charge on any atom is 0.249 e. The Bertz CT molecular complexity index is 856. The van der Waals surface area contributed by atoms with Gasteiger partial charge in [0.2, 0.25) is 11.8 Å². The summed E-state index contributed by atoms with van der Waals surface area (Å²) in [6.07, 6.45) is 0. The van der Waals surface area contributed by atoms with E-state index in [1.165, 1.54) is 0 Å². The highest BCUT2D eigenvalue weighted by Crippen LogP contribution is 2.35. The number of nitrogens with two attached hydrogens (primary N) is 2. The third-order valence-corrected chi connectivity index (χ3v) is 3.89. The van der Waals surface area contributed by atoms with Gasteiger partial charge in [-0.15, -0.1) is 0 Å². The number of amides is 2. The number of benzene rings is 3. The van der Waals surface area contributed by atoms with Crippen LogP contribution in [0.2, 0.25) is 0 Å². The van der Waals surface area contributed by atoms with E-state index in [9.17, 15) is 9.59 Å². The third kappa shape index (κ3) is 2.77. The van der Waals surface area contributed by atoms with E-state index in [0.29, 0.717) is 11.1 Å². The van der Waals surface area contributed by atoms with Crippen LogP contribution >= 0.6 is 0 Å². The molecular formula is C20H16N2O2. The predicted molar refractivity (Wildman–Crippen MR) is 94.3 cm³/mol. The van der Waals surface area contributed by atoms with Crippen LogP contribution in [0.15, 0.2) is 72.8 Å². The zero-order chi connectivity index (χ0) is 17.1. The van der Waals surface area contributed by atoms with Crippen LogP contribution < -0.4 is 11.5 Å². The molecule has 0 fully saturated rings. The molecular weight excluding hydrogens is 300 g/mol. The molecule has 24 heavy (non-hydrogen) atoms. The first-order chi connectivity index (χ1) is 11.6. The summed E-state index contributed by atoms with van der Waals surface area (Å²) >= 11 is 0. The van der Waals surface area contributed by atoms with Gasteiger partial charge in [-0.3, -0.25) is 9.59 Å². The molecule has 0 bridgehead atoms. The molecule has 0 unspecified atom stereocenters. The maximum absolute atomic E-state index is 11.8. The second kappa shape index (κ2) is 6.38. The molecule has 0 aliphatic heterocycles. The minimum Gasteiger partial charge on any atom is -0.366 e. The van der Waals surface area contributed by atoms with Gasteiger partial charge >= 0.3 is 0 Å². The van der Waals surface area contributed by atoms with Gasteiger partial charge < -0.3 is 11.5 Å². The molecule has 0 spiro atoms. The Labute approximate surface area is 139 Å². The topological polar surface area (TPSA) is 86.2 Å². The van der Waals surface area contributed by atoms with Crippen molar-refractivity contribution < 1.29 is 9.59 Å². The average Bonchev–Trinajstić information content (AvgIpc) is 2.61. The van der Waals surface area contributed by atoms with Crippen LogP contribution in [0.1, 0.15) is 20.7 Å². The molecule has 118 valence electrons. The number of carbonyl (C=O) groups excluding carboxylic acids is 2. The van der Waals surface area contributed by atoms with Crippen molar-refractivity contribution in [2.24, 2.45) is 11.5 Å².